The molecule has 1 atom stereocenters. The lowest BCUT2D eigenvalue weighted by Crippen LogP contribution is -2.44. The summed E-state index contributed by atoms with van der Waals surface area (Å²) in [6.07, 6.45) is 3.45. The Balaban J connectivity index is 1.53. The number of carboxylic acid groups (broad SMARTS) is 1. The Kier molecular flexibility index (Phi) is 6.43. The van der Waals surface area contributed by atoms with Crippen molar-refractivity contribution in [3.63, 3.8) is 0 Å². The first kappa shape index (κ1) is 22.5. The van der Waals surface area contributed by atoms with E-state index in [0.29, 0.717) is 29.3 Å². The highest BCUT2D eigenvalue weighted by Crippen LogP contribution is 2.36. The number of non-ortho nitro benzene ring substituents is 1. The van der Waals surface area contributed by atoms with Crippen LogP contribution in [0, 0.1) is 10.1 Å². The fraction of sp³-hybridized carbons (Fsp3) is 0.136. The zero-order valence-electron chi connectivity index (χ0n) is 16.9. The van der Waals surface area contributed by atoms with Gasteiger partial charge in [-0.1, -0.05) is 36.1 Å². The van der Waals surface area contributed by atoms with E-state index in [1.807, 2.05) is 0 Å². The van der Waals surface area contributed by atoms with Gasteiger partial charge in [-0.25, -0.2) is 4.79 Å². The Morgan fingerprint density at radius 1 is 1.27 bits per heavy atom. The second kappa shape index (κ2) is 9.43. The van der Waals surface area contributed by atoms with E-state index in [1.54, 1.807) is 36.4 Å². The van der Waals surface area contributed by atoms with Crippen molar-refractivity contribution >= 4 is 51.9 Å². The number of nitrogens with zero attached hydrogens (tertiary/aromatic N) is 2. The Labute approximate surface area is 196 Å². The molecule has 9 nitrogen and oxygen atoms in total. The number of hydrogen-bond donors (Lipinski definition) is 1. The summed E-state index contributed by atoms with van der Waals surface area (Å²) >= 11 is 6.28. The number of benzene rings is 1. The molecule has 1 unspecified atom stereocenters. The van der Waals surface area contributed by atoms with E-state index in [2.05, 4.69) is 0 Å². The third-order valence-electron chi connectivity index (χ3n) is 4.91. The molecular weight excluding hydrogens is 468 g/mol. The van der Waals surface area contributed by atoms with Crippen LogP contribution in [0.5, 0.6) is 0 Å². The summed E-state index contributed by atoms with van der Waals surface area (Å²) in [5.41, 5.74) is 0.445. The molecule has 3 heterocycles. The average molecular weight is 485 g/mol. The van der Waals surface area contributed by atoms with E-state index in [0.717, 1.165) is 16.7 Å². The fourth-order valence-corrected chi connectivity index (χ4v) is 4.67. The number of aliphatic carboxylic acids is 1. The van der Waals surface area contributed by atoms with Gasteiger partial charge in [0.15, 0.2) is 0 Å². The first-order valence-electron chi connectivity index (χ1n) is 9.70. The molecule has 0 aliphatic carbocycles. The Morgan fingerprint density at radius 2 is 2.09 bits per heavy atom. The van der Waals surface area contributed by atoms with Gasteiger partial charge in [0, 0.05) is 30.2 Å². The van der Waals surface area contributed by atoms with Crippen LogP contribution in [0.3, 0.4) is 0 Å². The third kappa shape index (κ3) is 4.89. The van der Waals surface area contributed by atoms with Gasteiger partial charge in [0.25, 0.3) is 11.6 Å². The lowest BCUT2D eigenvalue weighted by Gasteiger charge is -2.22. The molecule has 1 fully saturated rings. The first-order valence-corrected chi connectivity index (χ1v) is 10.9. The molecule has 168 valence electrons. The van der Waals surface area contributed by atoms with E-state index in [4.69, 9.17) is 21.1 Å². The van der Waals surface area contributed by atoms with Crippen molar-refractivity contribution in [3.8, 4) is 11.3 Å². The van der Waals surface area contributed by atoms with Crippen LogP contribution >= 0.6 is 24.0 Å². The summed E-state index contributed by atoms with van der Waals surface area (Å²) in [4.78, 5) is 36.7. The van der Waals surface area contributed by atoms with Gasteiger partial charge in [0.2, 0.25) is 0 Å². The van der Waals surface area contributed by atoms with Crippen molar-refractivity contribution < 1.29 is 28.5 Å². The van der Waals surface area contributed by atoms with E-state index in [1.165, 1.54) is 24.5 Å². The third-order valence-corrected chi connectivity index (χ3v) is 6.24. The predicted molar refractivity (Wildman–Crippen MR) is 124 cm³/mol. The number of rotatable bonds is 8. The van der Waals surface area contributed by atoms with Gasteiger partial charge < -0.3 is 13.9 Å². The number of hydrogen-bond acceptors (Lipinski definition) is 8. The number of thioether (sulfide) groups is 1. The lowest BCUT2D eigenvalue weighted by atomic mass is 10.1. The molecule has 1 N–H and O–H groups in total. The van der Waals surface area contributed by atoms with Crippen LogP contribution in [0.25, 0.3) is 17.4 Å². The molecular formula is C22H16N2O7S2. The number of nitro groups is 1. The molecule has 0 bridgehead atoms. The molecule has 1 aromatic carbocycles. The van der Waals surface area contributed by atoms with Gasteiger partial charge >= 0.3 is 5.97 Å². The number of carbonyl (C=O) groups is 2. The van der Waals surface area contributed by atoms with Gasteiger partial charge in [-0.2, -0.15) is 0 Å². The van der Waals surface area contributed by atoms with Crippen LogP contribution in [0.2, 0.25) is 0 Å². The maximum atomic E-state index is 13.0. The molecule has 0 spiro atoms. The highest BCUT2D eigenvalue weighted by atomic mass is 32.2. The minimum Gasteiger partial charge on any atom is -0.480 e. The second-order valence-corrected chi connectivity index (χ2v) is 8.71. The van der Waals surface area contributed by atoms with Crippen molar-refractivity contribution in [2.45, 2.75) is 18.9 Å². The highest BCUT2D eigenvalue weighted by Gasteiger charge is 2.40. The number of nitro benzene ring substituents is 1. The van der Waals surface area contributed by atoms with Crippen LogP contribution < -0.4 is 0 Å². The summed E-state index contributed by atoms with van der Waals surface area (Å²) in [6.45, 7) is 0. The Morgan fingerprint density at radius 3 is 2.79 bits per heavy atom. The summed E-state index contributed by atoms with van der Waals surface area (Å²) in [6, 6.07) is 11.5. The topological polar surface area (TPSA) is 127 Å². The Hall–Kier alpha value is -3.70. The minimum absolute atomic E-state index is 0.0689. The predicted octanol–water partition coefficient (Wildman–Crippen LogP) is 4.74. The molecule has 1 aliphatic heterocycles. The van der Waals surface area contributed by atoms with E-state index >= 15 is 0 Å². The maximum Gasteiger partial charge on any atom is 0.326 e. The van der Waals surface area contributed by atoms with Crippen LogP contribution in [-0.2, 0) is 16.0 Å². The molecule has 33 heavy (non-hydrogen) atoms. The summed E-state index contributed by atoms with van der Waals surface area (Å²) < 4.78 is 11.1. The smallest absolute Gasteiger partial charge is 0.326 e. The number of amides is 1. The van der Waals surface area contributed by atoms with Crippen LogP contribution in [-0.4, -0.2) is 37.2 Å². The SMILES string of the molecule is O=C(O)C(CCc1ccco1)N1C(=O)/C(=C\c2ccc(-c3cccc([N+](=O)[O-])c3)o2)SC1=S. The van der Waals surface area contributed by atoms with Crippen LogP contribution in [0.4, 0.5) is 5.69 Å². The molecule has 4 rings (SSSR count). The molecule has 3 aromatic rings. The number of carboxylic acids is 1. The summed E-state index contributed by atoms with van der Waals surface area (Å²) in [5.74, 6) is -0.344. The average Bonchev–Trinajstić information content (AvgIpc) is 3.52. The Bertz CT molecular complexity index is 1260. The highest BCUT2D eigenvalue weighted by molar-refractivity contribution is 8.26. The monoisotopic (exact) mass is 484 g/mol. The van der Waals surface area contributed by atoms with Gasteiger partial charge in [0.1, 0.15) is 27.6 Å². The van der Waals surface area contributed by atoms with Crippen molar-refractivity contribution in [1.29, 1.82) is 0 Å². The number of thiocarbonyl (C=S) groups is 1. The zero-order valence-corrected chi connectivity index (χ0v) is 18.5. The maximum absolute atomic E-state index is 13.0. The molecule has 0 saturated carbocycles. The normalized spacial score (nSPS) is 15.9. The molecule has 1 saturated heterocycles. The minimum atomic E-state index is -1.16. The molecule has 1 amide bonds. The summed E-state index contributed by atoms with van der Waals surface area (Å²) in [5, 5.41) is 20.7. The number of carbonyl (C=O) groups excluding carboxylic acids is 1. The standard InChI is InChI=1S/C22H16N2O7S2/c25-20-19(12-16-7-9-18(31-16)13-3-1-4-14(11-13)24(28)29)33-22(32)23(20)17(21(26)27)8-6-15-5-2-10-30-15/h1-5,7,9-12,17H,6,8H2,(H,26,27)/b19-12+. The number of furan rings is 2. The zero-order chi connectivity index (χ0) is 23.5. The quantitative estimate of drug-likeness (QED) is 0.209. The van der Waals surface area contributed by atoms with Gasteiger partial charge in [-0.05, 0) is 30.7 Å². The number of aryl methyl sites for hydroxylation is 1. The van der Waals surface area contributed by atoms with E-state index in [-0.39, 0.29) is 21.3 Å². The van der Waals surface area contributed by atoms with E-state index < -0.39 is 22.8 Å². The van der Waals surface area contributed by atoms with Crippen molar-refractivity contribution in [2.75, 3.05) is 0 Å². The molecule has 11 heteroatoms. The van der Waals surface area contributed by atoms with Gasteiger partial charge in [0.05, 0.1) is 16.1 Å². The molecule has 1 aliphatic rings. The molecule has 0 radical (unpaired) electrons. The second-order valence-electron chi connectivity index (χ2n) is 7.03. The van der Waals surface area contributed by atoms with Crippen molar-refractivity contribution in [1.82, 2.24) is 4.90 Å². The lowest BCUT2D eigenvalue weighted by molar-refractivity contribution is -0.384. The summed E-state index contributed by atoms with van der Waals surface area (Å²) in [7, 11) is 0. The molecule has 2 aromatic heterocycles. The van der Waals surface area contributed by atoms with Gasteiger partial charge in [-0.3, -0.25) is 19.8 Å². The largest absolute Gasteiger partial charge is 0.480 e. The first-order chi connectivity index (χ1) is 15.8. The van der Waals surface area contributed by atoms with Crippen LogP contribution in [0.15, 0.2) is 68.5 Å². The van der Waals surface area contributed by atoms with E-state index in [9.17, 15) is 24.8 Å². The van der Waals surface area contributed by atoms with Crippen molar-refractivity contribution in [2.24, 2.45) is 0 Å². The van der Waals surface area contributed by atoms with Crippen LogP contribution in [0.1, 0.15) is 17.9 Å². The van der Waals surface area contributed by atoms with Gasteiger partial charge in [-0.15, -0.1) is 0 Å². The van der Waals surface area contributed by atoms with Crippen molar-refractivity contribution in [3.05, 3.63) is 81.3 Å². The fourth-order valence-electron chi connectivity index (χ4n) is 3.33.